The monoisotopic (exact) mass is 403 g/mol. The van der Waals surface area contributed by atoms with Crippen LogP contribution in [0.4, 0.5) is 0 Å². The lowest BCUT2D eigenvalue weighted by molar-refractivity contribution is -0.142. The van der Waals surface area contributed by atoms with Gasteiger partial charge in [0.25, 0.3) is 0 Å². The molecule has 0 aromatic heterocycles. The lowest BCUT2D eigenvalue weighted by atomic mass is 9.74. The van der Waals surface area contributed by atoms with Crippen molar-refractivity contribution >= 4 is 29.6 Å². The smallest absolute Gasteiger partial charge is 0.338 e. The zero-order chi connectivity index (χ0) is 21.7. The Morgan fingerprint density at radius 2 is 1.69 bits per heavy atom. The molecule has 2 atom stereocenters. The number of carbonyl (C=O) groups excluding carboxylic acids is 3. The molecule has 0 aliphatic carbocycles. The molecule has 1 aromatic rings. The zero-order valence-electron chi connectivity index (χ0n) is 16.4. The molecule has 0 saturated heterocycles. The molecule has 29 heavy (non-hydrogen) atoms. The van der Waals surface area contributed by atoms with Crippen LogP contribution >= 0.6 is 0 Å². The van der Waals surface area contributed by atoms with E-state index < -0.39 is 35.7 Å². The molecule has 1 aliphatic rings. The summed E-state index contributed by atoms with van der Waals surface area (Å²) in [5.41, 5.74) is 0.530. The van der Waals surface area contributed by atoms with E-state index in [0.717, 1.165) is 7.11 Å². The van der Waals surface area contributed by atoms with E-state index in [2.05, 4.69) is 4.99 Å². The molecular weight excluding hydrogens is 382 g/mol. The highest BCUT2D eigenvalue weighted by Gasteiger charge is 2.43. The summed E-state index contributed by atoms with van der Waals surface area (Å²) in [4.78, 5) is 52.4. The fraction of sp³-hybridized carbons (Fsp3) is 0.350. The molecule has 0 spiro atoms. The molecule has 9 nitrogen and oxygen atoms in total. The Bertz CT molecular complexity index is 915. The van der Waals surface area contributed by atoms with Crippen molar-refractivity contribution in [3.63, 3.8) is 0 Å². The molecule has 0 bridgehead atoms. The number of rotatable bonds is 6. The third-order valence-corrected chi connectivity index (χ3v) is 4.50. The van der Waals surface area contributed by atoms with E-state index in [1.807, 2.05) is 0 Å². The quantitative estimate of drug-likeness (QED) is 0.562. The fourth-order valence-electron chi connectivity index (χ4n) is 3.29. The number of carbonyl (C=O) groups is 4. The summed E-state index contributed by atoms with van der Waals surface area (Å²) in [6.07, 6.45) is 0. The second-order valence-electron chi connectivity index (χ2n) is 6.26. The second-order valence-corrected chi connectivity index (χ2v) is 6.26. The van der Waals surface area contributed by atoms with E-state index in [9.17, 15) is 24.3 Å². The molecule has 0 radical (unpaired) electrons. The van der Waals surface area contributed by atoms with E-state index in [4.69, 9.17) is 14.2 Å². The Morgan fingerprint density at radius 1 is 1.07 bits per heavy atom. The van der Waals surface area contributed by atoms with Gasteiger partial charge in [-0.1, -0.05) is 18.2 Å². The normalized spacial score (nSPS) is 18.6. The van der Waals surface area contributed by atoms with Gasteiger partial charge in [-0.2, -0.15) is 0 Å². The maximum Gasteiger partial charge on any atom is 0.338 e. The summed E-state index contributed by atoms with van der Waals surface area (Å²) >= 11 is 0. The minimum absolute atomic E-state index is 0.0618. The van der Waals surface area contributed by atoms with Crippen molar-refractivity contribution in [3.8, 4) is 0 Å². The van der Waals surface area contributed by atoms with Gasteiger partial charge in [0.2, 0.25) is 0 Å². The Balaban J connectivity index is 2.80. The summed E-state index contributed by atoms with van der Waals surface area (Å²) in [5.74, 6) is -5.69. The van der Waals surface area contributed by atoms with Crippen LogP contribution in [-0.4, -0.2) is 55.5 Å². The van der Waals surface area contributed by atoms with Crippen molar-refractivity contribution in [2.45, 2.75) is 19.8 Å². The van der Waals surface area contributed by atoms with E-state index in [1.165, 1.54) is 33.1 Å². The first-order valence-corrected chi connectivity index (χ1v) is 8.62. The van der Waals surface area contributed by atoms with Crippen LogP contribution in [0.3, 0.4) is 0 Å². The van der Waals surface area contributed by atoms with Crippen LogP contribution < -0.4 is 0 Å². The van der Waals surface area contributed by atoms with Gasteiger partial charge >= 0.3 is 23.9 Å². The standard InChI is InChI=1S/C20H21NO8/c1-10-15(18(23)24)16(12-7-5-6-8-13(12)19(25)27-3)17(20(26)28-4)14(21-10)9-29-11(2)22/h5-8,15-16H,9H2,1-4H3,(H,23,24). The van der Waals surface area contributed by atoms with Gasteiger partial charge in [-0.3, -0.25) is 14.6 Å². The minimum atomic E-state index is -1.24. The van der Waals surface area contributed by atoms with Gasteiger partial charge in [-0.25, -0.2) is 9.59 Å². The third-order valence-electron chi connectivity index (χ3n) is 4.50. The summed E-state index contributed by atoms with van der Waals surface area (Å²) in [5, 5.41) is 9.85. The Kier molecular flexibility index (Phi) is 6.87. The van der Waals surface area contributed by atoms with E-state index in [1.54, 1.807) is 12.1 Å². The predicted octanol–water partition coefficient (Wildman–Crippen LogP) is 1.72. The number of aliphatic carboxylic acids is 1. The van der Waals surface area contributed by atoms with Gasteiger partial charge < -0.3 is 19.3 Å². The van der Waals surface area contributed by atoms with Gasteiger partial charge in [0.15, 0.2) is 0 Å². The van der Waals surface area contributed by atoms with Crippen LogP contribution in [0.5, 0.6) is 0 Å². The number of benzene rings is 1. The van der Waals surface area contributed by atoms with Crippen molar-refractivity contribution in [2.75, 3.05) is 20.8 Å². The molecule has 1 heterocycles. The lowest BCUT2D eigenvalue weighted by Gasteiger charge is -2.31. The first kappa shape index (κ1) is 21.8. The summed E-state index contributed by atoms with van der Waals surface area (Å²) in [7, 11) is 2.34. The van der Waals surface area contributed by atoms with Crippen molar-refractivity contribution in [3.05, 3.63) is 46.7 Å². The van der Waals surface area contributed by atoms with Crippen molar-refractivity contribution in [2.24, 2.45) is 10.9 Å². The average Bonchev–Trinajstić information content (AvgIpc) is 2.70. The number of methoxy groups -OCH3 is 2. The number of hydrogen-bond acceptors (Lipinski definition) is 8. The van der Waals surface area contributed by atoms with E-state index >= 15 is 0 Å². The molecule has 0 fully saturated rings. The van der Waals surface area contributed by atoms with Crippen LogP contribution in [0.1, 0.15) is 35.7 Å². The van der Waals surface area contributed by atoms with Crippen LogP contribution in [0.15, 0.2) is 40.5 Å². The molecule has 1 aliphatic heterocycles. The number of carboxylic acid groups (broad SMARTS) is 1. The Labute approximate surface area is 167 Å². The minimum Gasteiger partial charge on any atom is -0.481 e. The molecule has 0 saturated carbocycles. The average molecular weight is 403 g/mol. The summed E-state index contributed by atoms with van der Waals surface area (Å²) < 4.78 is 14.6. The molecule has 2 unspecified atom stereocenters. The van der Waals surface area contributed by atoms with Gasteiger partial charge in [0.05, 0.1) is 31.1 Å². The maximum absolute atomic E-state index is 12.6. The first-order valence-electron chi connectivity index (χ1n) is 8.62. The topological polar surface area (TPSA) is 129 Å². The highest BCUT2D eigenvalue weighted by molar-refractivity contribution is 6.07. The van der Waals surface area contributed by atoms with Crippen LogP contribution in [0, 0.1) is 5.92 Å². The number of hydrogen-bond donors (Lipinski definition) is 1. The fourth-order valence-corrected chi connectivity index (χ4v) is 3.29. The summed E-state index contributed by atoms with van der Waals surface area (Å²) in [6, 6.07) is 6.22. The number of esters is 3. The van der Waals surface area contributed by atoms with Crippen LogP contribution in [0.2, 0.25) is 0 Å². The molecule has 154 valence electrons. The van der Waals surface area contributed by atoms with Crippen LogP contribution in [0.25, 0.3) is 0 Å². The number of carboxylic acids is 1. The Hall–Kier alpha value is -3.49. The summed E-state index contributed by atoms with van der Waals surface area (Å²) in [6.45, 7) is 2.34. The number of ether oxygens (including phenoxy) is 3. The highest BCUT2D eigenvalue weighted by Crippen LogP contribution is 2.41. The van der Waals surface area contributed by atoms with Crippen LogP contribution in [-0.2, 0) is 28.6 Å². The molecule has 9 heteroatoms. The van der Waals surface area contributed by atoms with Gasteiger partial charge in [-0.05, 0) is 18.6 Å². The highest BCUT2D eigenvalue weighted by atomic mass is 16.5. The number of aliphatic imine (C=N–C) groups is 1. The number of nitrogens with zero attached hydrogens (tertiary/aromatic N) is 1. The van der Waals surface area contributed by atoms with Crippen molar-refractivity contribution in [1.29, 1.82) is 0 Å². The largest absolute Gasteiger partial charge is 0.481 e. The molecule has 1 N–H and O–H groups in total. The maximum atomic E-state index is 12.6. The van der Waals surface area contributed by atoms with Crippen molar-refractivity contribution < 1.29 is 38.5 Å². The first-order chi connectivity index (χ1) is 13.7. The molecule has 2 rings (SSSR count). The zero-order valence-corrected chi connectivity index (χ0v) is 16.4. The molecule has 1 aromatic carbocycles. The predicted molar refractivity (Wildman–Crippen MR) is 100 cm³/mol. The van der Waals surface area contributed by atoms with E-state index in [-0.39, 0.29) is 34.7 Å². The molecular formula is C20H21NO8. The van der Waals surface area contributed by atoms with Gasteiger partial charge in [-0.15, -0.1) is 0 Å². The van der Waals surface area contributed by atoms with Crippen molar-refractivity contribution in [1.82, 2.24) is 0 Å². The van der Waals surface area contributed by atoms with E-state index in [0.29, 0.717) is 0 Å². The van der Waals surface area contributed by atoms with Gasteiger partial charge in [0.1, 0.15) is 12.5 Å². The van der Waals surface area contributed by atoms with Gasteiger partial charge in [0, 0.05) is 18.6 Å². The second kappa shape index (κ2) is 9.13. The SMILES string of the molecule is COC(=O)C1=C(COC(C)=O)N=C(C)C(C(=O)O)C1c1ccccc1C(=O)OC. The lowest BCUT2D eigenvalue weighted by Crippen LogP contribution is -2.37. The molecule has 0 amide bonds. The third kappa shape index (κ3) is 4.50. The Morgan fingerprint density at radius 3 is 2.24 bits per heavy atom.